The molecule has 1 unspecified atom stereocenters. The summed E-state index contributed by atoms with van der Waals surface area (Å²) in [7, 11) is 0. The van der Waals surface area contributed by atoms with Gasteiger partial charge in [0.2, 0.25) is 0 Å². The summed E-state index contributed by atoms with van der Waals surface area (Å²) in [5, 5.41) is 0. The molecule has 0 N–H and O–H groups in total. The summed E-state index contributed by atoms with van der Waals surface area (Å²) in [5.41, 5.74) is 0. The van der Waals surface area contributed by atoms with Gasteiger partial charge in [0, 0.05) is 0 Å². The Hall–Kier alpha value is 0.230. The number of rotatable bonds is 4. The third-order valence-corrected chi connectivity index (χ3v) is 1.97. The van der Waals surface area contributed by atoms with E-state index in [-0.39, 0.29) is 6.10 Å². The average molecular weight is 192 g/mol. The van der Waals surface area contributed by atoms with Gasteiger partial charge in [0.1, 0.15) is 6.10 Å². The molecule has 72 valence electrons. The van der Waals surface area contributed by atoms with Crippen LogP contribution in [0.15, 0.2) is 0 Å². The molecule has 0 bridgehead atoms. The van der Waals surface area contributed by atoms with Crippen molar-refractivity contribution in [2.24, 2.45) is 0 Å². The second-order valence-corrected chi connectivity index (χ2v) is 4.04. The Morgan fingerprint density at radius 1 is 1.58 bits per heavy atom. The highest BCUT2D eigenvalue weighted by molar-refractivity contribution is 7.98. The van der Waals surface area contributed by atoms with Gasteiger partial charge < -0.3 is 14.2 Å². The molecule has 0 spiro atoms. The van der Waals surface area contributed by atoms with E-state index in [4.69, 9.17) is 14.2 Å². The molecule has 1 aliphatic rings. The molecule has 3 nitrogen and oxygen atoms in total. The van der Waals surface area contributed by atoms with Crippen molar-refractivity contribution < 1.29 is 14.2 Å². The molecule has 0 saturated carbocycles. The minimum atomic E-state index is -0.423. The number of ether oxygens (including phenoxy) is 3. The van der Waals surface area contributed by atoms with Crippen molar-refractivity contribution in [1.82, 2.24) is 0 Å². The van der Waals surface area contributed by atoms with Gasteiger partial charge in [-0.15, -0.1) is 11.8 Å². The van der Waals surface area contributed by atoms with E-state index in [9.17, 15) is 0 Å². The molecule has 1 aliphatic heterocycles. The second-order valence-electron chi connectivity index (χ2n) is 3.23. The summed E-state index contributed by atoms with van der Waals surface area (Å²) in [5.74, 6) is 0.299. The summed E-state index contributed by atoms with van der Waals surface area (Å²) in [4.78, 5) is 0. The fraction of sp³-hybridized carbons (Fsp3) is 1.00. The zero-order chi connectivity index (χ0) is 9.03. The third-order valence-electron chi connectivity index (χ3n) is 1.57. The van der Waals surface area contributed by atoms with Crippen molar-refractivity contribution in [3.05, 3.63) is 0 Å². The van der Waals surface area contributed by atoms with Crippen LogP contribution in [0, 0.1) is 0 Å². The smallest absolute Gasteiger partial charge is 0.163 e. The van der Waals surface area contributed by atoms with Gasteiger partial charge in [0.25, 0.3) is 0 Å². The van der Waals surface area contributed by atoms with Gasteiger partial charge >= 0.3 is 0 Å². The van der Waals surface area contributed by atoms with Crippen LogP contribution in [0.3, 0.4) is 0 Å². The normalized spacial score (nSPS) is 27.8. The van der Waals surface area contributed by atoms with Crippen LogP contribution in [0.1, 0.15) is 13.8 Å². The molecule has 1 fully saturated rings. The van der Waals surface area contributed by atoms with Crippen LogP contribution >= 0.6 is 11.8 Å². The molecule has 1 heterocycles. The third kappa shape index (κ3) is 3.31. The monoisotopic (exact) mass is 192 g/mol. The molecule has 0 aliphatic carbocycles. The topological polar surface area (TPSA) is 27.7 Å². The van der Waals surface area contributed by atoms with Gasteiger partial charge in [0.15, 0.2) is 5.79 Å². The summed E-state index contributed by atoms with van der Waals surface area (Å²) in [6.07, 6.45) is 2.11. The number of hydrogen-bond donors (Lipinski definition) is 0. The van der Waals surface area contributed by atoms with Crippen molar-refractivity contribution in [3.63, 3.8) is 0 Å². The van der Waals surface area contributed by atoms with Gasteiger partial charge in [-0.1, -0.05) is 0 Å². The standard InChI is InChI=1S/C8H16O3S/c1-8(2)10-5-7(11-8)4-9-6-12-3/h7H,4-6H2,1-3H3. The molecular weight excluding hydrogens is 176 g/mol. The molecule has 4 heteroatoms. The van der Waals surface area contributed by atoms with E-state index < -0.39 is 5.79 Å². The second kappa shape index (κ2) is 4.46. The van der Waals surface area contributed by atoms with Gasteiger partial charge in [-0.3, -0.25) is 0 Å². The van der Waals surface area contributed by atoms with Crippen molar-refractivity contribution >= 4 is 11.8 Å². The summed E-state index contributed by atoms with van der Waals surface area (Å²) in [6.45, 7) is 5.11. The lowest BCUT2D eigenvalue weighted by Gasteiger charge is -2.16. The Bertz CT molecular complexity index is 138. The van der Waals surface area contributed by atoms with Gasteiger partial charge in [-0.25, -0.2) is 0 Å². The van der Waals surface area contributed by atoms with E-state index in [0.29, 0.717) is 13.2 Å². The molecule has 0 amide bonds. The van der Waals surface area contributed by atoms with E-state index in [2.05, 4.69) is 0 Å². The minimum absolute atomic E-state index is 0.104. The van der Waals surface area contributed by atoms with Crippen LogP contribution in [0.5, 0.6) is 0 Å². The van der Waals surface area contributed by atoms with E-state index >= 15 is 0 Å². The van der Waals surface area contributed by atoms with Crippen LogP contribution in [0.25, 0.3) is 0 Å². The zero-order valence-corrected chi connectivity index (χ0v) is 8.65. The number of thioether (sulfide) groups is 1. The molecule has 1 atom stereocenters. The Kier molecular flexibility index (Phi) is 3.83. The van der Waals surface area contributed by atoms with Gasteiger partial charge in [0.05, 0.1) is 19.2 Å². The van der Waals surface area contributed by atoms with Crippen molar-refractivity contribution in [2.75, 3.05) is 25.4 Å². The maximum atomic E-state index is 5.54. The molecule has 1 saturated heterocycles. The van der Waals surface area contributed by atoms with Crippen LogP contribution in [-0.4, -0.2) is 37.3 Å². The lowest BCUT2D eigenvalue weighted by atomic mass is 10.4. The highest BCUT2D eigenvalue weighted by atomic mass is 32.2. The van der Waals surface area contributed by atoms with Crippen LogP contribution in [-0.2, 0) is 14.2 Å². The average Bonchev–Trinajstić information content (AvgIpc) is 2.31. The lowest BCUT2D eigenvalue weighted by Crippen LogP contribution is -2.23. The summed E-state index contributed by atoms with van der Waals surface area (Å²) >= 11 is 1.67. The quantitative estimate of drug-likeness (QED) is 0.498. The van der Waals surface area contributed by atoms with Crippen LogP contribution in [0.4, 0.5) is 0 Å². The Balaban J connectivity index is 2.11. The Morgan fingerprint density at radius 3 is 2.83 bits per heavy atom. The first kappa shape index (κ1) is 10.3. The zero-order valence-electron chi connectivity index (χ0n) is 7.83. The molecule has 1 rings (SSSR count). The van der Waals surface area contributed by atoms with Crippen LogP contribution < -0.4 is 0 Å². The molecule has 0 aromatic heterocycles. The van der Waals surface area contributed by atoms with Crippen molar-refractivity contribution in [3.8, 4) is 0 Å². The first-order valence-corrected chi connectivity index (χ1v) is 5.42. The van der Waals surface area contributed by atoms with Gasteiger partial charge in [-0.2, -0.15) is 0 Å². The van der Waals surface area contributed by atoms with E-state index in [0.717, 1.165) is 5.94 Å². The van der Waals surface area contributed by atoms with Crippen LogP contribution in [0.2, 0.25) is 0 Å². The largest absolute Gasteiger partial charge is 0.368 e. The first-order valence-electron chi connectivity index (χ1n) is 4.02. The highest BCUT2D eigenvalue weighted by Crippen LogP contribution is 2.22. The fourth-order valence-electron chi connectivity index (χ4n) is 1.11. The molecule has 0 aromatic rings. The lowest BCUT2D eigenvalue weighted by molar-refractivity contribution is -0.144. The molecular formula is C8H16O3S. The molecule has 0 radical (unpaired) electrons. The first-order chi connectivity index (χ1) is 5.64. The number of hydrogen-bond acceptors (Lipinski definition) is 4. The SMILES string of the molecule is CSCOCC1COC(C)(C)O1. The molecule has 12 heavy (non-hydrogen) atoms. The van der Waals surface area contributed by atoms with Crippen molar-refractivity contribution in [1.29, 1.82) is 0 Å². The minimum Gasteiger partial charge on any atom is -0.368 e. The summed E-state index contributed by atoms with van der Waals surface area (Å²) in [6, 6.07) is 0. The fourth-order valence-corrected chi connectivity index (χ4v) is 1.37. The van der Waals surface area contributed by atoms with E-state index in [1.54, 1.807) is 11.8 Å². The maximum Gasteiger partial charge on any atom is 0.163 e. The predicted molar refractivity (Wildman–Crippen MR) is 49.2 cm³/mol. The summed E-state index contributed by atoms with van der Waals surface area (Å²) < 4.78 is 16.2. The van der Waals surface area contributed by atoms with Crippen molar-refractivity contribution in [2.45, 2.75) is 25.7 Å². The predicted octanol–water partition coefficient (Wildman–Crippen LogP) is 1.48. The van der Waals surface area contributed by atoms with E-state index in [1.807, 2.05) is 20.1 Å². The maximum absolute atomic E-state index is 5.54. The molecule has 0 aromatic carbocycles. The Labute approximate surface area is 77.8 Å². The highest BCUT2D eigenvalue weighted by Gasteiger charge is 2.32. The van der Waals surface area contributed by atoms with Gasteiger partial charge in [-0.05, 0) is 20.1 Å². The Morgan fingerprint density at radius 2 is 2.33 bits per heavy atom. The van der Waals surface area contributed by atoms with E-state index in [1.165, 1.54) is 0 Å².